The Morgan fingerprint density at radius 3 is 2.53 bits per heavy atom. The fraction of sp³-hybridized carbons (Fsp3) is 0.250. The Bertz CT molecular complexity index is 537. The van der Waals surface area contributed by atoms with Crippen molar-refractivity contribution in [3.8, 4) is 11.5 Å². The summed E-state index contributed by atoms with van der Waals surface area (Å²) in [5, 5.41) is 10.1. The maximum atomic E-state index is 10.1. The van der Waals surface area contributed by atoms with Crippen molar-refractivity contribution in [2.24, 2.45) is 0 Å². The fourth-order valence-corrected chi connectivity index (χ4v) is 1.83. The van der Waals surface area contributed by atoms with E-state index in [1.807, 2.05) is 55.5 Å². The highest BCUT2D eigenvalue weighted by atomic mass is 16.5. The van der Waals surface area contributed by atoms with E-state index in [2.05, 4.69) is 0 Å². The van der Waals surface area contributed by atoms with E-state index in [9.17, 15) is 5.11 Å². The molecule has 2 aromatic rings. The standard InChI is InChI=1S/C16H18O3/c1-12-5-3-8-15(9-12)19-11-16(17)13-6-4-7-14(10-13)18-2/h3-10,16-17H,11H2,1-2H3. The van der Waals surface area contributed by atoms with Crippen LogP contribution in [0.4, 0.5) is 0 Å². The molecule has 1 unspecified atom stereocenters. The molecule has 19 heavy (non-hydrogen) atoms. The van der Waals surface area contributed by atoms with Crippen molar-refractivity contribution in [3.63, 3.8) is 0 Å². The molecule has 0 radical (unpaired) electrons. The Kier molecular flexibility index (Phi) is 4.42. The lowest BCUT2D eigenvalue weighted by Gasteiger charge is -2.13. The number of rotatable bonds is 5. The summed E-state index contributed by atoms with van der Waals surface area (Å²) in [5.74, 6) is 1.49. The Labute approximate surface area is 113 Å². The van der Waals surface area contributed by atoms with Crippen LogP contribution in [-0.2, 0) is 0 Å². The molecular formula is C16H18O3. The average molecular weight is 258 g/mol. The SMILES string of the molecule is COc1cccc(C(O)COc2cccc(C)c2)c1. The van der Waals surface area contributed by atoms with Crippen LogP contribution >= 0.6 is 0 Å². The van der Waals surface area contributed by atoms with Gasteiger partial charge in [-0.05, 0) is 42.3 Å². The molecule has 0 aliphatic heterocycles. The topological polar surface area (TPSA) is 38.7 Å². The van der Waals surface area contributed by atoms with E-state index in [-0.39, 0.29) is 6.61 Å². The van der Waals surface area contributed by atoms with Crippen LogP contribution in [0.25, 0.3) is 0 Å². The van der Waals surface area contributed by atoms with Gasteiger partial charge < -0.3 is 14.6 Å². The first-order valence-corrected chi connectivity index (χ1v) is 6.20. The third-order valence-corrected chi connectivity index (χ3v) is 2.88. The molecule has 1 N–H and O–H groups in total. The predicted octanol–water partition coefficient (Wildman–Crippen LogP) is 3.12. The van der Waals surface area contributed by atoms with Crippen molar-refractivity contribution in [2.75, 3.05) is 13.7 Å². The zero-order valence-corrected chi connectivity index (χ0v) is 11.2. The van der Waals surface area contributed by atoms with E-state index in [0.717, 1.165) is 22.6 Å². The first-order valence-electron chi connectivity index (χ1n) is 6.20. The smallest absolute Gasteiger partial charge is 0.119 e. The minimum atomic E-state index is -0.671. The van der Waals surface area contributed by atoms with Crippen LogP contribution in [0.3, 0.4) is 0 Å². The highest BCUT2D eigenvalue weighted by Gasteiger charge is 2.09. The van der Waals surface area contributed by atoms with Gasteiger partial charge in [-0.2, -0.15) is 0 Å². The van der Waals surface area contributed by atoms with E-state index in [0.29, 0.717) is 0 Å². The highest BCUT2D eigenvalue weighted by Crippen LogP contribution is 2.20. The Morgan fingerprint density at radius 2 is 1.79 bits per heavy atom. The van der Waals surface area contributed by atoms with Gasteiger partial charge in [-0.1, -0.05) is 24.3 Å². The van der Waals surface area contributed by atoms with Gasteiger partial charge in [0.1, 0.15) is 24.2 Å². The van der Waals surface area contributed by atoms with Crippen LogP contribution in [-0.4, -0.2) is 18.8 Å². The summed E-state index contributed by atoms with van der Waals surface area (Å²) in [4.78, 5) is 0. The third kappa shape index (κ3) is 3.73. The van der Waals surface area contributed by atoms with E-state index >= 15 is 0 Å². The van der Waals surface area contributed by atoms with Crippen molar-refractivity contribution >= 4 is 0 Å². The summed E-state index contributed by atoms with van der Waals surface area (Å²) in [6, 6.07) is 15.1. The van der Waals surface area contributed by atoms with Crippen LogP contribution < -0.4 is 9.47 Å². The largest absolute Gasteiger partial charge is 0.497 e. The van der Waals surface area contributed by atoms with Gasteiger partial charge in [-0.15, -0.1) is 0 Å². The van der Waals surface area contributed by atoms with E-state index in [1.54, 1.807) is 7.11 Å². The van der Waals surface area contributed by atoms with Crippen LogP contribution in [0.15, 0.2) is 48.5 Å². The lowest BCUT2D eigenvalue weighted by Crippen LogP contribution is -2.09. The van der Waals surface area contributed by atoms with Gasteiger partial charge in [0.15, 0.2) is 0 Å². The number of aliphatic hydroxyl groups excluding tert-OH is 1. The number of methoxy groups -OCH3 is 1. The lowest BCUT2D eigenvalue weighted by atomic mass is 10.1. The molecule has 0 fully saturated rings. The number of aryl methyl sites for hydroxylation is 1. The van der Waals surface area contributed by atoms with Crippen LogP contribution in [0, 0.1) is 6.92 Å². The molecule has 3 heteroatoms. The molecule has 0 aliphatic rings. The molecular weight excluding hydrogens is 240 g/mol. The van der Waals surface area contributed by atoms with E-state index in [1.165, 1.54) is 0 Å². The summed E-state index contributed by atoms with van der Waals surface area (Å²) in [6.07, 6.45) is -0.671. The van der Waals surface area contributed by atoms with Crippen LogP contribution in [0.2, 0.25) is 0 Å². The van der Waals surface area contributed by atoms with Crippen LogP contribution in [0.1, 0.15) is 17.2 Å². The van der Waals surface area contributed by atoms with Gasteiger partial charge >= 0.3 is 0 Å². The number of hydrogen-bond acceptors (Lipinski definition) is 3. The molecule has 0 amide bonds. The molecule has 0 saturated heterocycles. The second-order valence-electron chi connectivity index (χ2n) is 4.42. The Hall–Kier alpha value is -2.00. The zero-order valence-electron chi connectivity index (χ0n) is 11.2. The molecule has 3 nitrogen and oxygen atoms in total. The summed E-state index contributed by atoms with van der Waals surface area (Å²) in [5.41, 5.74) is 1.92. The van der Waals surface area contributed by atoms with Crippen molar-refractivity contribution in [1.29, 1.82) is 0 Å². The number of hydrogen-bond donors (Lipinski definition) is 1. The van der Waals surface area contributed by atoms with Crippen molar-refractivity contribution in [1.82, 2.24) is 0 Å². The maximum absolute atomic E-state index is 10.1. The molecule has 1 atom stereocenters. The highest BCUT2D eigenvalue weighted by molar-refractivity contribution is 5.30. The molecule has 0 spiro atoms. The maximum Gasteiger partial charge on any atom is 0.119 e. The molecule has 100 valence electrons. The summed E-state index contributed by atoms with van der Waals surface area (Å²) in [6.45, 7) is 2.22. The number of ether oxygens (including phenoxy) is 2. The normalized spacial score (nSPS) is 11.9. The fourth-order valence-electron chi connectivity index (χ4n) is 1.83. The first kappa shape index (κ1) is 13.4. The molecule has 2 rings (SSSR count). The first-order chi connectivity index (χ1) is 9.19. The molecule has 0 aromatic heterocycles. The predicted molar refractivity (Wildman–Crippen MR) is 74.6 cm³/mol. The second kappa shape index (κ2) is 6.25. The number of aliphatic hydroxyl groups is 1. The molecule has 0 saturated carbocycles. The van der Waals surface area contributed by atoms with E-state index < -0.39 is 6.10 Å². The van der Waals surface area contributed by atoms with Gasteiger partial charge in [0.25, 0.3) is 0 Å². The minimum Gasteiger partial charge on any atom is -0.497 e. The monoisotopic (exact) mass is 258 g/mol. The lowest BCUT2D eigenvalue weighted by molar-refractivity contribution is 0.108. The minimum absolute atomic E-state index is 0.219. The molecule has 0 aliphatic carbocycles. The number of benzene rings is 2. The van der Waals surface area contributed by atoms with Gasteiger partial charge in [0, 0.05) is 0 Å². The summed E-state index contributed by atoms with van der Waals surface area (Å²) in [7, 11) is 1.61. The third-order valence-electron chi connectivity index (χ3n) is 2.88. The Balaban J connectivity index is 1.99. The van der Waals surface area contributed by atoms with Crippen molar-refractivity contribution in [3.05, 3.63) is 59.7 Å². The quantitative estimate of drug-likeness (QED) is 0.895. The van der Waals surface area contributed by atoms with Crippen LogP contribution in [0.5, 0.6) is 11.5 Å². The van der Waals surface area contributed by atoms with Gasteiger partial charge in [-0.25, -0.2) is 0 Å². The summed E-state index contributed by atoms with van der Waals surface area (Å²) >= 11 is 0. The summed E-state index contributed by atoms with van der Waals surface area (Å²) < 4.78 is 10.7. The van der Waals surface area contributed by atoms with E-state index in [4.69, 9.17) is 9.47 Å². The molecule has 0 heterocycles. The molecule has 0 bridgehead atoms. The molecule has 2 aromatic carbocycles. The average Bonchev–Trinajstić information content (AvgIpc) is 2.45. The Morgan fingerprint density at radius 1 is 1.05 bits per heavy atom. The zero-order chi connectivity index (χ0) is 13.7. The van der Waals surface area contributed by atoms with Gasteiger partial charge in [-0.3, -0.25) is 0 Å². The van der Waals surface area contributed by atoms with Crippen molar-refractivity contribution < 1.29 is 14.6 Å². The van der Waals surface area contributed by atoms with Crippen molar-refractivity contribution in [2.45, 2.75) is 13.0 Å². The second-order valence-corrected chi connectivity index (χ2v) is 4.42. The van der Waals surface area contributed by atoms with Gasteiger partial charge in [0.2, 0.25) is 0 Å². The van der Waals surface area contributed by atoms with Gasteiger partial charge in [0.05, 0.1) is 7.11 Å².